The van der Waals surface area contributed by atoms with Crippen molar-refractivity contribution in [3.63, 3.8) is 0 Å². The molecule has 24 heavy (non-hydrogen) atoms. The van der Waals surface area contributed by atoms with Gasteiger partial charge < -0.3 is 4.90 Å². The number of nitrogens with zero attached hydrogens (tertiary/aromatic N) is 4. The summed E-state index contributed by atoms with van der Waals surface area (Å²) in [6.07, 6.45) is 5.68. The van der Waals surface area contributed by atoms with Crippen molar-refractivity contribution < 1.29 is 4.79 Å². The van der Waals surface area contributed by atoms with Gasteiger partial charge >= 0.3 is 0 Å². The van der Waals surface area contributed by atoms with Crippen LogP contribution in [0.25, 0.3) is 10.2 Å². The maximum Gasteiger partial charge on any atom is 0.262 e. The van der Waals surface area contributed by atoms with E-state index >= 15 is 0 Å². The lowest BCUT2D eigenvalue weighted by atomic mass is 9.99. The summed E-state index contributed by atoms with van der Waals surface area (Å²) in [7, 11) is 0. The lowest BCUT2D eigenvalue weighted by molar-refractivity contribution is -0.135. The summed E-state index contributed by atoms with van der Waals surface area (Å²) >= 11 is 1.46. The molecular formula is C17H22N4O2S. The summed E-state index contributed by atoms with van der Waals surface area (Å²) in [6.45, 7) is 4.22. The molecule has 128 valence electrons. The van der Waals surface area contributed by atoms with Gasteiger partial charge in [0.1, 0.15) is 4.83 Å². The smallest absolute Gasteiger partial charge is 0.262 e. The number of carbonyl (C=O) groups is 1. The fraction of sp³-hybridized carbons (Fsp3) is 0.588. The molecule has 6 nitrogen and oxygen atoms in total. The standard InChI is InChI=1S/C17H22N4O2S/c22-15(20-9-8-19-6-2-1-3-13(19)11-20)4-7-21-12-18-16-14(17(21)23)5-10-24-16/h5,10,12-13H,1-4,6-9,11H2/t13-/m0/s1. The van der Waals surface area contributed by atoms with Crippen LogP contribution in [0.15, 0.2) is 22.6 Å². The Morgan fingerprint density at radius 2 is 2.21 bits per heavy atom. The van der Waals surface area contributed by atoms with Crippen LogP contribution in [0.4, 0.5) is 0 Å². The van der Waals surface area contributed by atoms with Crippen LogP contribution in [-0.4, -0.2) is 57.5 Å². The molecule has 2 aliphatic rings. The van der Waals surface area contributed by atoms with E-state index in [1.807, 2.05) is 10.3 Å². The fourth-order valence-electron chi connectivity index (χ4n) is 3.81. The first-order valence-corrected chi connectivity index (χ1v) is 9.55. The molecule has 0 aromatic carbocycles. The van der Waals surface area contributed by atoms with E-state index in [0.29, 0.717) is 24.4 Å². The van der Waals surface area contributed by atoms with E-state index in [2.05, 4.69) is 9.88 Å². The van der Waals surface area contributed by atoms with Gasteiger partial charge in [0, 0.05) is 38.6 Å². The summed E-state index contributed by atoms with van der Waals surface area (Å²) in [5.74, 6) is 0.150. The van der Waals surface area contributed by atoms with Crippen molar-refractivity contribution in [3.05, 3.63) is 28.1 Å². The van der Waals surface area contributed by atoms with Crippen molar-refractivity contribution >= 4 is 27.5 Å². The first-order chi connectivity index (χ1) is 11.7. The minimum absolute atomic E-state index is 0.0499. The number of hydrogen-bond acceptors (Lipinski definition) is 5. The van der Waals surface area contributed by atoms with Crippen LogP contribution in [0, 0.1) is 0 Å². The SMILES string of the molecule is O=C(CCn1cnc2sccc2c1=O)N1CCN2CCCC[C@H]2C1. The zero-order chi connectivity index (χ0) is 16.5. The number of piperazine rings is 1. The predicted molar refractivity (Wildman–Crippen MR) is 94.3 cm³/mol. The van der Waals surface area contributed by atoms with Gasteiger partial charge in [-0.15, -0.1) is 11.3 Å². The lowest BCUT2D eigenvalue weighted by Gasteiger charge is -2.44. The highest BCUT2D eigenvalue weighted by Crippen LogP contribution is 2.21. The molecule has 2 aromatic heterocycles. The topological polar surface area (TPSA) is 58.4 Å². The van der Waals surface area contributed by atoms with Crippen molar-refractivity contribution in [3.8, 4) is 0 Å². The first kappa shape index (κ1) is 15.8. The van der Waals surface area contributed by atoms with Gasteiger partial charge in [-0.1, -0.05) is 6.42 Å². The number of thiophene rings is 1. The second kappa shape index (κ2) is 6.64. The fourth-order valence-corrected chi connectivity index (χ4v) is 4.53. The molecule has 2 fully saturated rings. The largest absolute Gasteiger partial charge is 0.340 e. The Morgan fingerprint density at radius 3 is 3.12 bits per heavy atom. The molecule has 2 aromatic rings. The van der Waals surface area contributed by atoms with E-state index in [1.165, 1.54) is 37.1 Å². The van der Waals surface area contributed by atoms with Gasteiger partial charge in [0.15, 0.2) is 0 Å². The quantitative estimate of drug-likeness (QED) is 0.846. The van der Waals surface area contributed by atoms with Gasteiger partial charge in [-0.3, -0.25) is 19.1 Å². The van der Waals surface area contributed by atoms with Crippen LogP contribution in [-0.2, 0) is 11.3 Å². The lowest BCUT2D eigenvalue weighted by Crippen LogP contribution is -2.56. The molecule has 2 aliphatic heterocycles. The number of hydrogen-bond donors (Lipinski definition) is 0. The van der Waals surface area contributed by atoms with Crippen molar-refractivity contribution in [2.45, 2.75) is 38.3 Å². The normalized spacial score (nSPS) is 21.8. The molecule has 7 heteroatoms. The summed E-state index contributed by atoms with van der Waals surface area (Å²) < 4.78 is 1.56. The number of rotatable bonds is 3. The van der Waals surface area contributed by atoms with Gasteiger partial charge in [-0.05, 0) is 30.8 Å². The number of piperidine rings is 1. The van der Waals surface area contributed by atoms with Gasteiger partial charge in [0.2, 0.25) is 5.91 Å². The van der Waals surface area contributed by atoms with Crippen LogP contribution in [0.1, 0.15) is 25.7 Å². The zero-order valence-electron chi connectivity index (χ0n) is 13.7. The highest BCUT2D eigenvalue weighted by Gasteiger charge is 2.30. The Hall–Kier alpha value is -1.73. The number of fused-ring (bicyclic) bond motifs is 2. The summed E-state index contributed by atoms with van der Waals surface area (Å²) in [5, 5.41) is 2.52. The van der Waals surface area contributed by atoms with Gasteiger partial charge in [-0.2, -0.15) is 0 Å². The molecule has 0 saturated carbocycles. The Kier molecular flexibility index (Phi) is 4.37. The van der Waals surface area contributed by atoms with Gasteiger partial charge in [0.05, 0.1) is 11.7 Å². The molecule has 0 radical (unpaired) electrons. The molecule has 4 heterocycles. The first-order valence-electron chi connectivity index (χ1n) is 8.67. The molecule has 0 bridgehead atoms. The highest BCUT2D eigenvalue weighted by molar-refractivity contribution is 7.16. The summed E-state index contributed by atoms with van der Waals surface area (Å²) in [4.78, 5) is 34.5. The second-order valence-electron chi connectivity index (χ2n) is 6.66. The molecule has 1 atom stereocenters. The van der Waals surface area contributed by atoms with Crippen LogP contribution in [0.2, 0.25) is 0 Å². The van der Waals surface area contributed by atoms with E-state index in [9.17, 15) is 9.59 Å². The van der Waals surface area contributed by atoms with E-state index < -0.39 is 0 Å². The maximum absolute atomic E-state index is 12.5. The molecule has 4 rings (SSSR count). The predicted octanol–water partition coefficient (Wildman–Crippen LogP) is 1.54. The Bertz CT molecular complexity index is 799. The maximum atomic E-state index is 12.5. The molecule has 0 N–H and O–H groups in total. The number of aromatic nitrogens is 2. The molecule has 0 unspecified atom stereocenters. The van der Waals surface area contributed by atoms with Crippen LogP contribution >= 0.6 is 11.3 Å². The Labute approximate surface area is 144 Å². The van der Waals surface area contributed by atoms with Gasteiger partial charge in [0.25, 0.3) is 5.56 Å². The minimum Gasteiger partial charge on any atom is -0.340 e. The van der Waals surface area contributed by atoms with Crippen molar-refractivity contribution in [1.29, 1.82) is 0 Å². The van der Waals surface area contributed by atoms with Crippen molar-refractivity contribution in [2.24, 2.45) is 0 Å². The van der Waals surface area contributed by atoms with Gasteiger partial charge in [-0.25, -0.2) is 4.98 Å². The summed E-state index contributed by atoms with van der Waals surface area (Å²) in [6, 6.07) is 2.33. The molecule has 2 saturated heterocycles. The minimum atomic E-state index is -0.0499. The van der Waals surface area contributed by atoms with E-state index in [4.69, 9.17) is 0 Å². The summed E-state index contributed by atoms with van der Waals surface area (Å²) in [5.41, 5.74) is -0.0499. The average Bonchev–Trinajstić information content (AvgIpc) is 3.10. The van der Waals surface area contributed by atoms with E-state index in [0.717, 1.165) is 24.5 Å². The molecule has 0 spiro atoms. The third-order valence-electron chi connectivity index (χ3n) is 5.21. The Morgan fingerprint density at radius 1 is 1.29 bits per heavy atom. The van der Waals surface area contributed by atoms with Crippen molar-refractivity contribution in [1.82, 2.24) is 19.4 Å². The van der Waals surface area contributed by atoms with Crippen LogP contribution in [0.5, 0.6) is 0 Å². The third kappa shape index (κ3) is 2.98. The number of carbonyl (C=O) groups excluding carboxylic acids is 1. The van der Waals surface area contributed by atoms with Crippen LogP contribution in [0.3, 0.4) is 0 Å². The van der Waals surface area contributed by atoms with Crippen LogP contribution < -0.4 is 5.56 Å². The van der Waals surface area contributed by atoms with E-state index in [-0.39, 0.29) is 11.5 Å². The monoisotopic (exact) mass is 346 g/mol. The molecular weight excluding hydrogens is 324 g/mol. The Balaban J connectivity index is 1.39. The number of amides is 1. The average molecular weight is 346 g/mol. The van der Waals surface area contributed by atoms with E-state index in [1.54, 1.807) is 17.0 Å². The highest BCUT2D eigenvalue weighted by atomic mass is 32.1. The van der Waals surface area contributed by atoms with Crippen molar-refractivity contribution in [2.75, 3.05) is 26.2 Å². The molecule has 0 aliphatic carbocycles. The third-order valence-corrected chi connectivity index (χ3v) is 6.03. The zero-order valence-corrected chi connectivity index (χ0v) is 14.5. The molecule has 1 amide bonds. The second-order valence-corrected chi connectivity index (χ2v) is 7.55. The number of aryl methyl sites for hydroxylation is 1.